The summed E-state index contributed by atoms with van der Waals surface area (Å²) >= 11 is 1.54. The molecular formula is C17H14F2OS. The normalized spacial score (nSPS) is 10.0. The van der Waals surface area contributed by atoms with Gasteiger partial charge in [-0.25, -0.2) is 8.78 Å². The Bertz CT molecular complexity index is 657. The Labute approximate surface area is 127 Å². The van der Waals surface area contributed by atoms with E-state index in [0.717, 1.165) is 10.5 Å². The predicted molar refractivity (Wildman–Crippen MR) is 80.9 cm³/mol. The lowest BCUT2D eigenvalue weighted by atomic mass is 10.1. The van der Waals surface area contributed by atoms with E-state index in [2.05, 4.69) is 11.8 Å². The Hall–Kier alpha value is -1.83. The van der Waals surface area contributed by atoms with Crippen molar-refractivity contribution in [3.05, 3.63) is 65.2 Å². The first-order valence-electron chi connectivity index (χ1n) is 6.45. The van der Waals surface area contributed by atoms with Crippen LogP contribution in [0.25, 0.3) is 0 Å². The molecular weight excluding hydrogens is 290 g/mol. The monoisotopic (exact) mass is 304 g/mol. The first-order valence-corrected chi connectivity index (χ1v) is 7.44. The Morgan fingerprint density at radius 3 is 2.43 bits per heavy atom. The van der Waals surface area contributed by atoms with Gasteiger partial charge >= 0.3 is 0 Å². The van der Waals surface area contributed by atoms with Crippen molar-refractivity contribution in [1.29, 1.82) is 0 Å². The largest absolute Gasteiger partial charge is 0.395 e. The summed E-state index contributed by atoms with van der Waals surface area (Å²) in [5.41, 5.74) is 1.54. The maximum absolute atomic E-state index is 13.3. The maximum atomic E-state index is 13.3. The highest BCUT2D eigenvalue weighted by atomic mass is 32.2. The summed E-state index contributed by atoms with van der Waals surface area (Å²) in [6.45, 7) is -0.0119. The molecule has 0 radical (unpaired) electrons. The molecule has 0 saturated carbocycles. The highest BCUT2D eigenvalue weighted by Gasteiger charge is 2.04. The summed E-state index contributed by atoms with van der Waals surface area (Å²) in [4.78, 5) is 0.940. The van der Waals surface area contributed by atoms with Gasteiger partial charge in [-0.3, -0.25) is 0 Å². The second-order valence-corrected chi connectivity index (χ2v) is 5.37. The molecule has 108 valence electrons. The van der Waals surface area contributed by atoms with Crippen LogP contribution in [0.3, 0.4) is 0 Å². The third kappa shape index (κ3) is 4.89. The van der Waals surface area contributed by atoms with Crippen molar-refractivity contribution in [2.24, 2.45) is 0 Å². The van der Waals surface area contributed by atoms with Crippen molar-refractivity contribution in [3.63, 3.8) is 0 Å². The molecule has 1 nitrogen and oxygen atoms in total. The molecule has 0 bridgehead atoms. The summed E-state index contributed by atoms with van der Waals surface area (Å²) in [6.07, 6.45) is 0.362. The number of thioether (sulfide) groups is 1. The van der Waals surface area contributed by atoms with Crippen LogP contribution >= 0.6 is 11.8 Å². The van der Waals surface area contributed by atoms with Crippen LogP contribution in [0.1, 0.15) is 17.5 Å². The lowest BCUT2D eigenvalue weighted by Crippen LogP contribution is -1.90. The fraction of sp³-hybridized carbons (Fsp3) is 0.176. The minimum absolute atomic E-state index is 0.0119. The van der Waals surface area contributed by atoms with Crippen molar-refractivity contribution in [1.82, 2.24) is 0 Å². The minimum Gasteiger partial charge on any atom is -0.395 e. The first-order chi connectivity index (χ1) is 10.2. The summed E-state index contributed by atoms with van der Waals surface area (Å²) in [6, 6.07) is 10.7. The zero-order valence-corrected chi connectivity index (χ0v) is 12.1. The smallest absolute Gasteiger partial charge is 0.124 e. The molecule has 1 N–H and O–H groups in total. The van der Waals surface area contributed by atoms with Crippen LogP contribution in [0, 0.1) is 23.5 Å². The van der Waals surface area contributed by atoms with E-state index in [0.29, 0.717) is 17.7 Å². The molecule has 2 aromatic carbocycles. The van der Waals surface area contributed by atoms with E-state index < -0.39 is 0 Å². The topological polar surface area (TPSA) is 20.2 Å². The molecule has 0 aliphatic heterocycles. The van der Waals surface area contributed by atoms with Gasteiger partial charge in [-0.05, 0) is 42.0 Å². The summed E-state index contributed by atoms with van der Waals surface area (Å²) in [5, 5.41) is 8.73. The zero-order valence-electron chi connectivity index (χ0n) is 11.3. The molecule has 0 saturated heterocycles. The van der Waals surface area contributed by atoms with Gasteiger partial charge in [-0.1, -0.05) is 17.9 Å². The van der Waals surface area contributed by atoms with Crippen molar-refractivity contribution >= 4 is 11.8 Å². The first kappa shape index (κ1) is 15.6. The predicted octanol–water partition coefficient (Wildman–Crippen LogP) is 3.99. The number of hydrogen-bond acceptors (Lipinski definition) is 2. The standard InChI is InChI=1S/C17H14F2OS/c18-15-6-8-17(9-7-15)21-12-14-4-5-16(19)11-13(14)3-1-2-10-20/h4-9,11,20H,2,10,12H2. The third-order valence-electron chi connectivity index (χ3n) is 2.74. The molecule has 2 rings (SSSR count). The Morgan fingerprint density at radius 2 is 1.71 bits per heavy atom. The number of aliphatic hydroxyl groups is 1. The van der Waals surface area contributed by atoms with E-state index >= 15 is 0 Å². The van der Waals surface area contributed by atoms with Gasteiger partial charge in [0.1, 0.15) is 11.6 Å². The van der Waals surface area contributed by atoms with Crippen LogP contribution in [0.5, 0.6) is 0 Å². The van der Waals surface area contributed by atoms with Crippen molar-refractivity contribution < 1.29 is 13.9 Å². The molecule has 4 heteroatoms. The van der Waals surface area contributed by atoms with E-state index in [1.54, 1.807) is 18.2 Å². The van der Waals surface area contributed by atoms with Crippen LogP contribution in [0.15, 0.2) is 47.4 Å². The minimum atomic E-state index is -0.334. The van der Waals surface area contributed by atoms with Crippen LogP contribution in [0.2, 0.25) is 0 Å². The Kier molecular flexibility index (Phi) is 5.79. The second kappa shape index (κ2) is 7.82. The highest BCUT2D eigenvalue weighted by Crippen LogP contribution is 2.24. The van der Waals surface area contributed by atoms with Gasteiger partial charge in [0.15, 0.2) is 0 Å². The van der Waals surface area contributed by atoms with Gasteiger partial charge in [0.2, 0.25) is 0 Å². The molecule has 0 fully saturated rings. The van der Waals surface area contributed by atoms with Gasteiger partial charge < -0.3 is 5.11 Å². The molecule has 0 atom stereocenters. The SMILES string of the molecule is OCCC#Cc1cc(F)ccc1CSc1ccc(F)cc1. The fourth-order valence-corrected chi connectivity index (χ4v) is 2.60. The summed E-state index contributed by atoms with van der Waals surface area (Å²) in [7, 11) is 0. The average Bonchev–Trinajstić information content (AvgIpc) is 2.48. The molecule has 0 heterocycles. The van der Waals surface area contributed by atoms with Crippen LogP contribution in [0.4, 0.5) is 8.78 Å². The number of benzene rings is 2. The van der Waals surface area contributed by atoms with Gasteiger partial charge in [0, 0.05) is 22.6 Å². The third-order valence-corrected chi connectivity index (χ3v) is 3.80. The lowest BCUT2D eigenvalue weighted by Gasteiger charge is -2.05. The lowest BCUT2D eigenvalue weighted by molar-refractivity contribution is 0.305. The summed E-state index contributed by atoms with van der Waals surface area (Å²) < 4.78 is 26.1. The van der Waals surface area contributed by atoms with E-state index in [9.17, 15) is 8.78 Å². The molecule has 0 aliphatic carbocycles. The van der Waals surface area contributed by atoms with Crippen LogP contribution in [-0.4, -0.2) is 11.7 Å². The quantitative estimate of drug-likeness (QED) is 0.681. The van der Waals surface area contributed by atoms with Gasteiger partial charge in [0.05, 0.1) is 6.61 Å². The second-order valence-electron chi connectivity index (χ2n) is 4.32. The van der Waals surface area contributed by atoms with Gasteiger partial charge in [-0.15, -0.1) is 11.8 Å². The molecule has 21 heavy (non-hydrogen) atoms. The zero-order chi connectivity index (χ0) is 15.1. The molecule has 2 aromatic rings. The fourth-order valence-electron chi connectivity index (χ4n) is 1.70. The molecule has 0 aliphatic rings. The molecule has 0 unspecified atom stereocenters. The van der Waals surface area contributed by atoms with E-state index in [1.165, 1.54) is 36.0 Å². The Balaban J connectivity index is 2.12. The van der Waals surface area contributed by atoms with Gasteiger partial charge in [-0.2, -0.15) is 0 Å². The van der Waals surface area contributed by atoms with E-state index in [1.807, 2.05) is 0 Å². The average molecular weight is 304 g/mol. The molecule has 0 spiro atoms. The number of halogens is 2. The van der Waals surface area contributed by atoms with E-state index in [-0.39, 0.29) is 18.2 Å². The van der Waals surface area contributed by atoms with Gasteiger partial charge in [0.25, 0.3) is 0 Å². The molecule has 0 amide bonds. The number of hydrogen-bond donors (Lipinski definition) is 1. The van der Waals surface area contributed by atoms with Crippen LogP contribution in [-0.2, 0) is 5.75 Å². The van der Waals surface area contributed by atoms with E-state index in [4.69, 9.17) is 5.11 Å². The van der Waals surface area contributed by atoms with Crippen molar-refractivity contribution in [2.45, 2.75) is 17.1 Å². The number of aliphatic hydroxyl groups excluding tert-OH is 1. The summed E-state index contributed by atoms with van der Waals surface area (Å²) in [5.74, 6) is 5.69. The van der Waals surface area contributed by atoms with Crippen molar-refractivity contribution in [3.8, 4) is 11.8 Å². The van der Waals surface area contributed by atoms with Crippen molar-refractivity contribution in [2.75, 3.05) is 6.61 Å². The Morgan fingerprint density at radius 1 is 1.00 bits per heavy atom. The molecule has 0 aromatic heterocycles. The van der Waals surface area contributed by atoms with Crippen LogP contribution < -0.4 is 0 Å². The highest BCUT2D eigenvalue weighted by molar-refractivity contribution is 7.98. The number of rotatable bonds is 4. The maximum Gasteiger partial charge on any atom is 0.124 e.